The summed E-state index contributed by atoms with van der Waals surface area (Å²) >= 11 is 0. The zero-order chi connectivity index (χ0) is 10.4. The monoisotopic (exact) mass is 193 g/mol. The van der Waals surface area contributed by atoms with Gasteiger partial charge < -0.3 is 5.32 Å². The third-order valence-corrected chi connectivity index (χ3v) is 2.41. The van der Waals surface area contributed by atoms with Crippen LogP contribution in [0, 0.1) is 6.92 Å². The van der Waals surface area contributed by atoms with Gasteiger partial charge in [-0.05, 0) is 19.9 Å². The van der Waals surface area contributed by atoms with Crippen molar-refractivity contribution in [3.63, 3.8) is 0 Å². The molecule has 0 amide bonds. The van der Waals surface area contributed by atoms with Gasteiger partial charge in [-0.1, -0.05) is 13.8 Å². The van der Waals surface area contributed by atoms with Gasteiger partial charge in [-0.15, -0.1) is 0 Å². The Bertz CT molecular complexity index is 273. The predicted octanol–water partition coefficient (Wildman–Crippen LogP) is 1.72. The Kier molecular flexibility index (Phi) is 4.53. The summed E-state index contributed by atoms with van der Waals surface area (Å²) in [5.41, 5.74) is 2.16. The van der Waals surface area contributed by atoms with Gasteiger partial charge in [0.05, 0.1) is 11.4 Å². The first-order valence-corrected chi connectivity index (χ1v) is 5.27. The lowest BCUT2D eigenvalue weighted by Gasteiger charge is -2.15. The first-order valence-electron chi connectivity index (χ1n) is 5.27. The van der Waals surface area contributed by atoms with Gasteiger partial charge in [-0.25, -0.2) is 0 Å². The van der Waals surface area contributed by atoms with Gasteiger partial charge in [-0.2, -0.15) is 0 Å². The van der Waals surface area contributed by atoms with Crippen molar-refractivity contribution in [3.8, 4) is 0 Å². The van der Waals surface area contributed by atoms with E-state index in [-0.39, 0.29) is 0 Å². The Labute approximate surface area is 86.0 Å². The molecule has 0 saturated carbocycles. The van der Waals surface area contributed by atoms with Crippen LogP contribution >= 0.6 is 0 Å². The van der Waals surface area contributed by atoms with E-state index in [1.807, 2.05) is 6.92 Å². The molecule has 1 unspecified atom stereocenters. The largest absolute Gasteiger partial charge is 0.314 e. The number of nitrogens with zero attached hydrogens (tertiary/aromatic N) is 2. The van der Waals surface area contributed by atoms with E-state index < -0.39 is 0 Å². The molecule has 0 bridgehead atoms. The molecule has 1 heterocycles. The quantitative estimate of drug-likeness (QED) is 0.773. The molecular weight excluding hydrogens is 174 g/mol. The number of nitrogens with one attached hydrogen (secondary N) is 1. The van der Waals surface area contributed by atoms with E-state index in [2.05, 4.69) is 29.1 Å². The second kappa shape index (κ2) is 5.70. The van der Waals surface area contributed by atoms with Crippen molar-refractivity contribution in [2.45, 2.75) is 39.7 Å². The normalized spacial score (nSPS) is 12.8. The molecule has 78 valence electrons. The Balaban J connectivity index is 2.62. The minimum atomic E-state index is 0.524. The van der Waals surface area contributed by atoms with Gasteiger partial charge in [0.1, 0.15) is 0 Å². The van der Waals surface area contributed by atoms with Crippen molar-refractivity contribution in [2.24, 2.45) is 0 Å². The highest BCUT2D eigenvalue weighted by Crippen LogP contribution is 2.05. The molecular formula is C11H19N3. The van der Waals surface area contributed by atoms with E-state index in [0.717, 1.165) is 30.8 Å². The molecule has 0 spiro atoms. The smallest absolute Gasteiger partial charge is 0.0631 e. The van der Waals surface area contributed by atoms with Gasteiger partial charge in [0.25, 0.3) is 0 Å². The number of aryl methyl sites for hydroxylation is 1. The lowest BCUT2D eigenvalue weighted by Crippen LogP contribution is -2.30. The molecule has 0 saturated heterocycles. The minimum absolute atomic E-state index is 0.524. The average Bonchev–Trinajstić information content (AvgIpc) is 2.20. The lowest BCUT2D eigenvalue weighted by molar-refractivity contribution is 0.503. The maximum absolute atomic E-state index is 4.35. The molecule has 1 aromatic rings. The van der Waals surface area contributed by atoms with E-state index in [1.165, 1.54) is 0 Å². The number of likely N-dealkylation sites (N-methyl/N-ethyl adjacent to an activating group) is 1. The van der Waals surface area contributed by atoms with Crippen molar-refractivity contribution < 1.29 is 0 Å². The predicted molar refractivity (Wildman–Crippen MR) is 58.2 cm³/mol. The molecule has 1 rings (SSSR count). The van der Waals surface area contributed by atoms with E-state index in [9.17, 15) is 0 Å². The molecule has 0 aliphatic heterocycles. The third kappa shape index (κ3) is 3.07. The lowest BCUT2D eigenvalue weighted by atomic mass is 10.1. The van der Waals surface area contributed by atoms with Crippen LogP contribution in [0.3, 0.4) is 0 Å². The van der Waals surface area contributed by atoms with Crippen molar-refractivity contribution in [1.82, 2.24) is 15.3 Å². The molecule has 0 aliphatic carbocycles. The van der Waals surface area contributed by atoms with Gasteiger partial charge >= 0.3 is 0 Å². The molecule has 1 atom stereocenters. The Morgan fingerprint density at radius 1 is 1.29 bits per heavy atom. The molecule has 0 radical (unpaired) electrons. The Hall–Kier alpha value is -0.960. The van der Waals surface area contributed by atoms with Crippen molar-refractivity contribution >= 4 is 0 Å². The highest BCUT2D eigenvalue weighted by Gasteiger charge is 2.08. The summed E-state index contributed by atoms with van der Waals surface area (Å²) in [4.78, 5) is 8.58. The molecule has 0 aromatic carbocycles. The van der Waals surface area contributed by atoms with Gasteiger partial charge in [-0.3, -0.25) is 9.97 Å². The van der Waals surface area contributed by atoms with Crippen molar-refractivity contribution in [2.75, 3.05) is 6.54 Å². The van der Waals surface area contributed by atoms with Crippen LogP contribution in [0.4, 0.5) is 0 Å². The van der Waals surface area contributed by atoms with Crippen LogP contribution in [-0.4, -0.2) is 22.6 Å². The Morgan fingerprint density at radius 3 is 2.57 bits per heavy atom. The molecule has 3 heteroatoms. The average molecular weight is 193 g/mol. The van der Waals surface area contributed by atoms with E-state index >= 15 is 0 Å². The summed E-state index contributed by atoms with van der Waals surface area (Å²) < 4.78 is 0. The van der Waals surface area contributed by atoms with E-state index in [4.69, 9.17) is 0 Å². The summed E-state index contributed by atoms with van der Waals surface area (Å²) in [6.07, 6.45) is 5.61. The SMILES string of the molecule is CCNC(CC)Cc1nccnc1C. The molecule has 1 N–H and O–H groups in total. The number of aromatic nitrogens is 2. The van der Waals surface area contributed by atoms with Crippen LogP contribution in [0.25, 0.3) is 0 Å². The highest BCUT2D eigenvalue weighted by molar-refractivity contribution is 5.09. The number of hydrogen-bond acceptors (Lipinski definition) is 3. The number of hydrogen-bond donors (Lipinski definition) is 1. The van der Waals surface area contributed by atoms with Crippen LogP contribution in [-0.2, 0) is 6.42 Å². The summed E-state index contributed by atoms with van der Waals surface area (Å²) in [7, 11) is 0. The summed E-state index contributed by atoms with van der Waals surface area (Å²) in [5, 5.41) is 3.44. The first kappa shape index (κ1) is 11.1. The second-order valence-corrected chi connectivity index (χ2v) is 3.46. The third-order valence-electron chi connectivity index (χ3n) is 2.41. The first-order chi connectivity index (χ1) is 6.77. The maximum atomic E-state index is 4.35. The molecule has 1 aromatic heterocycles. The molecule has 0 fully saturated rings. The number of rotatable bonds is 5. The summed E-state index contributed by atoms with van der Waals surface area (Å²) in [5.74, 6) is 0. The standard InChI is InChI=1S/C11H19N3/c1-4-10(12-5-2)8-11-9(3)13-6-7-14-11/h6-7,10,12H,4-5,8H2,1-3H3. The zero-order valence-corrected chi connectivity index (χ0v) is 9.25. The van der Waals surface area contributed by atoms with Gasteiger partial charge in [0, 0.05) is 24.9 Å². The van der Waals surface area contributed by atoms with Gasteiger partial charge in [0.15, 0.2) is 0 Å². The van der Waals surface area contributed by atoms with Crippen LogP contribution in [0.2, 0.25) is 0 Å². The van der Waals surface area contributed by atoms with E-state index in [0.29, 0.717) is 6.04 Å². The van der Waals surface area contributed by atoms with Crippen LogP contribution in [0.1, 0.15) is 31.7 Å². The topological polar surface area (TPSA) is 37.8 Å². The molecule has 0 aliphatic rings. The second-order valence-electron chi connectivity index (χ2n) is 3.46. The van der Waals surface area contributed by atoms with Crippen molar-refractivity contribution in [3.05, 3.63) is 23.8 Å². The summed E-state index contributed by atoms with van der Waals surface area (Å²) in [6.45, 7) is 7.35. The molecule has 14 heavy (non-hydrogen) atoms. The van der Waals surface area contributed by atoms with Crippen LogP contribution < -0.4 is 5.32 Å². The fourth-order valence-electron chi connectivity index (χ4n) is 1.52. The fraction of sp³-hybridized carbons (Fsp3) is 0.636. The highest BCUT2D eigenvalue weighted by atomic mass is 14.9. The fourth-order valence-corrected chi connectivity index (χ4v) is 1.52. The van der Waals surface area contributed by atoms with Crippen molar-refractivity contribution in [1.29, 1.82) is 0 Å². The van der Waals surface area contributed by atoms with Gasteiger partial charge in [0.2, 0.25) is 0 Å². The molecule has 3 nitrogen and oxygen atoms in total. The zero-order valence-electron chi connectivity index (χ0n) is 9.25. The maximum Gasteiger partial charge on any atom is 0.0631 e. The summed E-state index contributed by atoms with van der Waals surface area (Å²) in [6, 6.07) is 0.524. The minimum Gasteiger partial charge on any atom is -0.314 e. The Morgan fingerprint density at radius 2 is 2.00 bits per heavy atom. The van der Waals surface area contributed by atoms with E-state index in [1.54, 1.807) is 12.4 Å². The van der Waals surface area contributed by atoms with Crippen LogP contribution in [0.5, 0.6) is 0 Å². The van der Waals surface area contributed by atoms with Crippen LogP contribution in [0.15, 0.2) is 12.4 Å².